The van der Waals surface area contributed by atoms with E-state index in [0.717, 1.165) is 44.4 Å². The number of hydrogen-bond acceptors (Lipinski definition) is 1. The summed E-state index contributed by atoms with van der Waals surface area (Å²) in [6, 6.07) is 0. The molecule has 0 saturated heterocycles. The predicted molar refractivity (Wildman–Crippen MR) is 118 cm³/mol. The Kier molecular flexibility index (Phi) is 23.0. The Hall–Kier alpha value is -0.0400. The molecule has 0 amide bonds. The third-order valence-corrected chi connectivity index (χ3v) is 5.67. The monoisotopic (exact) mass is 386 g/mol. The van der Waals surface area contributed by atoms with Gasteiger partial charge < -0.3 is 0 Å². The fraction of sp³-hybridized carbons (Fsp3) is 0.958. The number of alkyl halides is 1. The molecule has 0 aliphatic rings. The molecule has 0 aromatic rings. The van der Waals surface area contributed by atoms with Gasteiger partial charge in [0.25, 0.3) is 0 Å². The van der Waals surface area contributed by atoms with E-state index >= 15 is 0 Å². The summed E-state index contributed by atoms with van der Waals surface area (Å²) in [5.74, 6) is 1.23. The molecule has 156 valence electrons. The minimum Gasteiger partial charge on any atom is -0.300 e. The van der Waals surface area contributed by atoms with Crippen LogP contribution in [0.15, 0.2) is 0 Å². The Morgan fingerprint density at radius 2 is 0.808 bits per heavy atom. The second kappa shape index (κ2) is 23.0. The SMILES string of the molecule is CCCCCCCCCCCCCCCCCC(=O)CCCCCCCl. The minimum atomic E-state index is 0.477. The molecule has 0 heterocycles. The first-order valence-electron chi connectivity index (χ1n) is 11.9. The van der Waals surface area contributed by atoms with Gasteiger partial charge in [0.2, 0.25) is 0 Å². The van der Waals surface area contributed by atoms with Gasteiger partial charge in [-0.15, -0.1) is 11.6 Å². The molecule has 0 rings (SSSR count). The first-order valence-corrected chi connectivity index (χ1v) is 12.4. The van der Waals surface area contributed by atoms with Crippen LogP contribution < -0.4 is 0 Å². The van der Waals surface area contributed by atoms with Gasteiger partial charge in [-0.1, -0.05) is 110 Å². The minimum absolute atomic E-state index is 0.477. The molecule has 0 radical (unpaired) electrons. The molecule has 0 saturated carbocycles. The normalized spacial score (nSPS) is 11.2. The molecule has 1 nitrogen and oxygen atoms in total. The first-order chi connectivity index (χ1) is 12.8. The van der Waals surface area contributed by atoms with E-state index in [4.69, 9.17) is 11.6 Å². The highest BCUT2D eigenvalue weighted by Crippen LogP contribution is 2.14. The summed E-state index contributed by atoms with van der Waals surface area (Å²) in [5, 5.41) is 0. The molecule has 0 aliphatic carbocycles. The number of rotatable bonds is 22. The number of hydrogen-bond donors (Lipinski definition) is 0. The van der Waals surface area contributed by atoms with Gasteiger partial charge in [0, 0.05) is 18.7 Å². The van der Waals surface area contributed by atoms with Crippen LogP contribution in [-0.4, -0.2) is 11.7 Å². The number of halogens is 1. The first kappa shape index (κ1) is 26.0. The second-order valence-corrected chi connectivity index (χ2v) is 8.47. The standard InChI is InChI=1S/C24H47ClO/c1-2-3-4-5-6-7-8-9-10-11-12-13-14-15-18-21-24(26)22-19-16-17-20-23-25/h2-23H2,1H3. The van der Waals surface area contributed by atoms with Crippen molar-refractivity contribution in [1.82, 2.24) is 0 Å². The zero-order chi connectivity index (χ0) is 19.1. The zero-order valence-corrected chi connectivity index (χ0v) is 18.6. The van der Waals surface area contributed by atoms with Crippen LogP contribution in [0.3, 0.4) is 0 Å². The van der Waals surface area contributed by atoms with Crippen LogP contribution in [0.25, 0.3) is 0 Å². The van der Waals surface area contributed by atoms with Crippen LogP contribution in [0.4, 0.5) is 0 Å². The van der Waals surface area contributed by atoms with E-state index in [1.807, 2.05) is 0 Å². The molecule has 0 unspecified atom stereocenters. The van der Waals surface area contributed by atoms with E-state index in [9.17, 15) is 4.79 Å². The van der Waals surface area contributed by atoms with Crippen molar-refractivity contribution >= 4 is 17.4 Å². The fourth-order valence-electron chi connectivity index (χ4n) is 3.59. The molecule has 0 bridgehead atoms. The maximum atomic E-state index is 11.8. The maximum Gasteiger partial charge on any atom is 0.132 e. The Morgan fingerprint density at radius 3 is 1.15 bits per heavy atom. The molecular formula is C24H47ClO. The lowest BCUT2D eigenvalue weighted by Gasteiger charge is -2.04. The third-order valence-electron chi connectivity index (χ3n) is 5.40. The average Bonchev–Trinajstić information content (AvgIpc) is 2.64. The van der Waals surface area contributed by atoms with Crippen molar-refractivity contribution in [2.45, 2.75) is 142 Å². The van der Waals surface area contributed by atoms with Crippen molar-refractivity contribution in [3.63, 3.8) is 0 Å². The van der Waals surface area contributed by atoms with E-state index < -0.39 is 0 Å². The Labute approximate surface area is 170 Å². The van der Waals surface area contributed by atoms with Gasteiger partial charge >= 0.3 is 0 Å². The van der Waals surface area contributed by atoms with Crippen LogP contribution in [0.1, 0.15) is 142 Å². The van der Waals surface area contributed by atoms with E-state index in [1.54, 1.807) is 0 Å². The quantitative estimate of drug-likeness (QED) is 0.134. The lowest BCUT2D eigenvalue weighted by atomic mass is 10.0. The lowest BCUT2D eigenvalue weighted by Crippen LogP contribution is -1.97. The number of carbonyl (C=O) groups excluding carboxylic acids is 1. The Bertz CT molecular complexity index is 277. The van der Waals surface area contributed by atoms with Crippen molar-refractivity contribution < 1.29 is 4.79 Å². The van der Waals surface area contributed by atoms with E-state index in [-0.39, 0.29) is 0 Å². The molecule has 0 fully saturated rings. The number of Topliss-reactive ketones (excluding diaryl/α,β-unsaturated/α-hetero) is 1. The molecule has 0 N–H and O–H groups in total. The summed E-state index contributed by atoms with van der Waals surface area (Å²) in [4.78, 5) is 11.8. The van der Waals surface area contributed by atoms with Crippen LogP contribution in [0.2, 0.25) is 0 Å². The molecule has 2 heteroatoms. The van der Waals surface area contributed by atoms with Gasteiger partial charge in [-0.05, 0) is 19.3 Å². The van der Waals surface area contributed by atoms with Gasteiger partial charge in [0.15, 0.2) is 0 Å². The van der Waals surface area contributed by atoms with Crippen molar-refractivity contribution in [1.29, 1.82) is 0 Å². The van der Waals surface area contributed by atoms with Crippen LogP contribution in [-0.2, 0) is 4.79 Å². The topological polar surface area (TPSA) is 17.1 Å². The molecule has 0 aliphatic heterocycles. The van der Waals surface area contributed by atoms with Crippen molar-refractivity contribution in [3.05, 3.63) is 0 Å². The van der Waals surface area contributed by atoms with E-state index in [0.29, 0.717) is 5.78 Å². The second-order valence-electron chi connectivity index (χ2n) is 8.09. The largest absolute Gasteiger partial charge is 0.300 e. The number of carbonyl (C=O) groups is 1. The van der Waals surface area contributed by atoms with Gasteiger partial charge in [-0.25, -0.2) is 0 Å². The molecule has 0 aromatic carbocycles. The van der Waals surface area contributed by atoms with Crippen molar-refractivity contribution in [3.8, 4) is 0 Å². The Balaban J connectivity index is 3.09. The fourth-order valence-corrected chi connectivity index (χ4v) is 3.78. The Morgan fingerprint density at radius 1 is 0.500 bits per heavy atom. The smallest absolute Gasteiger partial charge is 0.132 e. The van der Waals surface area contributed by atoms with E-state index in [1.165, 1.54) is 96.3 Å². The molecule has 26 heavy (non-hydrogen) atoms. The highest BCUT2D eigenvalue weighted by atomic mass is 35.5. The zero-order valence-electron chi connectivity index (χ0n) is 17.8. The van der Waals surface area contributed by atoms with Crippen molar-refractivity contribution in [2.75, 3.05) is 5.88 Å². The van der Waals surface area contributed by atoms with E-state index in [2.05, 4.69) is 6.92 Å². The summed E-state index contributed by atoms with van der Waals surface area (Å²) in [7, 11) is 0. The summed E-state index contributed by atoms with van der Waals surface area (Å²) in [6.45, 7) is 2.28. The van der Waals surface area contributed by atoms with Crippen LogP contribution >= 0.6 is 11.6 Å². The van der Waals surface area contributed by atoms with Gasteiger partial charge in [-0.3, -0.25) is 4.79 Å². The highest BCUT2D eigenvalue weighted by molar-refractivity contribution is 6.17. The maximum absolute atomic E-state index is 11.8. The lowest BCUT2D eigenvalue weighted by molar-refractivity contribution is -0.119. The summed E-state index contributed by atoms with van der Waals surface area (Å²) < 4.78 is 0. The summed E-state index contributed by atoms with van der Waals surface area (Å²) in [5.41, 5.74) is 0. The number of ketones is 1. The van der Waals surface area contributed by atoms with Crippen LogP contribution in [0, 0.1) is 0 Å². The highest BCUT2D eigenvalue weighted by Gasteiger charge is 2.02. The van der Waals surface area contributed by atoms with Crippen molar-refractivity contribution in [2.24, 2.45) is 0 Å². The summed E-state index contributed by atoms with van der Waals surface area (Å²) >= 11 is 5.65. The van der Waals surface area contributed by atoms with Gasteiger partial charge in [-0.2, -0.15) is 0 Å². The predicted octanol–water partition coefficient (Wildman–Crippen LogP) is 9.01. The average molecular weight is 387 g/mol. The third kappa shape index (κ3) is 22.0. The number of unbranched alkanes of at least 4 members (excludes halogenated alkanes) is 17. The molecule has 0 aromatic heterocycles. The van der Waals surface area contributed by atoms with Gasteiger partial charge in [0.05, 0.1) is 0 Å². The molecular weight excluding hydrogens is 340 g/mol. The molecule has 0 atom stereocenters. The molecule has 0 spiro atoms. The van der Waals surface area contributed by atoms with Crippen LogP contribution in [0.5, 0.6) is 0 Å². The van der Waals surface area contributed by atoms with Gasteiger partial charge in [0.1, 0.15) is 5.78 Å². The summed E-state index contributed by atoms with van der Waals surface area (Å²) in [6.07, 6.45) is 26.8.